The number of furan rings is 2. The van der Waals surface area contributed by atoms with E-state index < -0.39 is 0 Å². The van der Waals surface area contributed by atoms with E-state index in [4.69, 9.17) is 13.6 Å². The van der Waals surface area contributed by atoms with Crippen molar-refractivity contribution in [2.45, 2.75) is 19.3 Å². The number of aromatic nitrogens is 2. The molecule has 29 heavy (non-hydrogen) atoms. The van der Waals surface area contributed by atoms with E-state index in [-0.39, 0.29) is 5.91 Å². The van der Waals surface area contributed by atoms with E-state index in [2.05, 4.69) is 15.3 Å². The first-order valence-corrected chi connectivity index (χ1v) is 10.3. The number of rotatable bonds is 5. The molecule has 5 heterocycles. The van der Waals surface area contributed by atoms with E-state index in [0.717, 1.165) is 48.4 Å². The van der Waals surface area contributed by atoms with Gasteiger partial charge in [-0.25, -0.2) is 9.97 Å². The third-order valence-corrected chi connectivity index (χ3v) is 6.05. The number of thiazole rings is 1. The summed E-state index contributed by atoms with van der Waals surface area (Å²) in [6.07, 6.45) is 7.66. The highest BCUT2D eigenvalue weighted by Gasteiger charge is 2.22. The highest BCUT2D eigenvalue weighted by molar-refractivity contribution is 7.16. The molecule has 0 aromatic carbocycles. The molecule has 1 aliphatic heterocycles. The lowest BCUT2D eigenvalue weighted by atomic mass is 9.95. The molecule has 7 nitrogen and oxygen atoms in total. The highest BCUT2D eigenvalue weighted by atomic mass is 32.1. The summed E-state index contributed by atoms with van der Waals surface area (Å²) in [5.74, 6) is 1.01. The molecule has 148 valence electrons. The minimum absolute atomic E-state index is 0.252. The Morgan fingerprint density at radius 1 is 1.21 bits per heavy atom. The van der Waals surface area contributed by atoms with Crippen molar-refractivity contribution < 1.29 is 18.4 Å². The second-order valence-corrected chi connectivity index (χ2v) is 8.10. The zero-order valence-corrected chi connectivity index (χ0v) is 16.4. The third-order valence-electron chi connectivity index (χ3n) is 5.06. The van der Waals surface area contributed by atoms with Crippen LogP contribution in [0, 0.1) is 5.92 Å². The first-order valence-electron chi connectivity index (χ1n) is 9.52. The maximum Gasteiger partial charge on any atom is 0.259 e. The number of hydrogen-bond donors (Lipinski definition) is 1. The molecule has 8 heteroatoms. The fourth-order valence-corrected chi connectivity index (χ4v) is 4.59. The van der Waals surface area contributed by atoms with Gasteiger partial charge in [0.25, 0.3) is 5.91 Å². The zero-order valence-electron chi connectivity index (χ0n) is 15.6. The van der Waals surface area contributed by atoms with E-state index in [1.165, 1.54) is 17.5 Å². The molecule has 4 aromatic rings. The minimum Gasteiger partial charge on any atom is -0.463 e. The van der Waals surface area contributed by atoms with Gasteiger partial charge in [0.1, 0.15) is 5.69 Å². The van der Waals surface area contributed by atoms with Crippen molar-refractivity contribution in [1.82, 2.24) is 9.97 Å². The average Bonchev–Trinajstić information content (AvgIpc) is 3.49. The molecule has 1 amide bonds. The molecule has 0 unspecified atom stereocenters. The molecule has 1 saturated heterocycles. The Hall–Kier alpha value is -2.97. The summed E-state index contributed by atoms with van der Waals surface area (Å²) in [7, 11) is 0. The number of carbonyl (C=O) groups is 1. The summed E-state index contributed by atoms with van der Waals surface area (Å²) in [4.78, 5) is 22.7. The van der Waals surface area contributed by atoms with Crippen molar-refractivity contribution in [3.05, 3.63) is 53.4 Å². The number of anilines is 1. The van der Waals surface area contributed by atoms with Gasteiger partial charge in [-0.1, -0.05) is 0 Å². The van der Waals surface area contributed by atoms with Gasteiger partial charge in [-0.15, -0.1) is 11.3 Å². The van der Waals surface area contributed by atoms with Gasteiger partial charge in [-0.05, 0) is 49.4 Å². The van der Waals surface area contributed by atoms with E-state index in [0.29, 0.717) is 28.1 Å². The molecule has 0 atom stereocenters. The third kappa shape index (κ3) is 3.81. The number of fused-ring (bicyclic) bond motifs is 1. The van der Waals surface area contributed by atoms with Crippen LogP contribution >= 0.6 is 11.3 Å². The fourth-order valence-electron chi connectivity index (χ4n) is 3.51. The van der Waals surface area contributed by atoms with E-state index in [1.54, 1.807) is 24.7 Å². The number of ether oxygens (including phenoxy) is 1. The van der Waals surface area contributed by atoms with Gasteiger partial charge in [0, 0.05) is 29.7 Å². The smallest absolute Gasteiger partial charge is 0.259 e. The van der Waals surface area contributed by atoms with Crippen LogP contribution in [0.3, 0.4) is 0 Å². The van der Waals surface area contributed by atoms with Crippen LogP contribution in [0.2, 0.25) is 0 Å². The monoisotopic (exact) mass is 409 g/mol. The van der Waals surface area contributed by atoms with Gasteiger partial charge in [0.15, 0.2) is 10.9 Å². The van der Waals surface area contributed by atoms with E-state index in [1.807, 2.05) is 12.1 Å². The van der Waals surface area contributed by atoms with E-state index >= 15 is 0 Å². The van der Waals surface area contributed by atoms with Crippen LogP contribution in [0.4, 0.5) is 5.13 Å². The fraction of sp³-hybridized carbons (Fsp3) is 0.286. The molecule has 1 N–H and O–H groups in total. The van der Waals surface area contributed by atoms with Gasteiger partial charge in [0.05, 0.1) is 18.1 Å². The second-order valence-electron chi connectivity index (χ2n) is 7.02. The van der Waals surface area contributed by atoms with Crippen molar-refractivity contribution in [3.8, 4) is 11.5 Å². The minimum atomic E-state index is -0.252. The highest BCUT2D eigenvalue weighted by Crippen LogP contribution is 2.35. The first kappa shape index (κ1) is 18.1. The maximum absolute atomic E-state index is 12.7. The summed E-state index contributed by atoms with van der Waals surface area (Å²) in [5.41, 5.74) is 1.76. The SMILES string of the molecule is O=C(Nc1nc(-c2ccco2)c(CC2CCOCC2)s1)c1cnc2occc2c1. The van der Waals surface area contributed by atoms with Gasteiger partial charge < -0.3 is 13.6 Å². The average molecular weight is 409 g/mol. The van der Waals surface area contributed by atoms with E-state index in [9.17, 15) is 4.79 Å². The number of pyridine rings is 1. The van der Waals surface area contributed by atoms with Crippen molar-refractivity contribution in [1.29, 1.82) is 0 Å². The Balaban J connectivity index is 1.40. The number of amides is 1. The van der Waals surface area contributed by atoms with Crippen molar-refractivity contribution in [2.24, 2.45) is 5.92 Å². The summed E-state index contributed by atoms with van der Waals surface area (Å²) >= 11 is 1.50. The quantitative estimate of drug-likeness (QED) is 0.511. The molecule has 1 aliphatic rings. The molecule has 5 rings (SSSR count). The van der Waals surface area contributed by atoms with Crippen LogP contribution in [0.25, 0.3) is 22.6 Å². The number of hydrogen-bond acceptors (Lipinski definition) is 7. The Morgan fingerprint density at radius 3 is 2.93 bits per heavy atom. The molecular formula is C21H19N3O4S. The summed E-state index contributed by atoms with van der Waals surface area (Å²) in [6, 6.07) is 7.27. The van der Waals surface area contributed by atoms with Crippen molar-refractivity contribution in [2.75, 3.05) is 18.5 Å². The largest absolute Gasteiger partial charge is 0.463 e. The lowest BCUT2D eigenvalue weighted by Crippen LogP contribution is -2.17. The van der Waals surface area contributed by atoms with Crippen LogP contribution in [0.5, 0.6) is 0 Å². The van der Waals surface area contributed by atoms with Crippen molar-refractivity contribution >= 4 is 33.5 Å². The molecule has 0 bridgehead atoms. The summed E-state index contributed by atoms with van der Waals surface area (Å²) in [5, 5.41) is 4.24. The Labute approximate surface area is 170 Å². The molecule has 0 aliphatic carbocycles. The van der Waals surface area contributed by atoms with Crippen LogP contribution < -0.4 is 5.32 Å². The lowest BCUT2D eigenvalue weighted by Gasteiger charge is -2.21. The topological polar surface area (TPSA) is 90.4 Å². The predicted molar refractivity (Wildman–Crippen MR) is 109 cm³/mol. The molecule has 1 fully saturated rings. The molecule has 0 radical (unpaired) electrons. The van der Waals surface area contributed by atoms with Crippen LogP contribution in [-0.4, -0.2) is 29.1 Å². The van der Waals surface area contributed by atoms with Gasteiger partial charge in [-0.2, -0.15) is 0 Å². The molecule has 0 spiro atoms. The van der Waals surface area contributed by atoms with Crippen LogP contribution in [0.15, 0.2) is 51.8 Å². The number of nitrogens with zero attached hydrogens (tertiary/aromatic N) is 2. The summed E-state index contributed by atoms with van der Waals surface area (Å²) < 4.78 is 16.3. The number of nitrogens with one attached hydrogen (secondary N) is 1. The van der Waals surface area contributed by atoms with Gasteiger partial charge in [0.2, 0.25) is 5.71 Å². The standard InChI is InChI=1S/C21H19N3O4S/c25-19(15-11-14-5-9-28-20(14)22-12-15)24-21-23-18(16-2-1-6-27-16)17(29-21)10-13-3-7-26-8-4-13/h1-2,5-6,9,11-13H,3-4,7-8,10H2,(H,23,24,25). The van der Waals surface area contributed by atoms with Crippen molar-refractivity contribution in [3.63, 3.8) is 0 Å². The predicted octanol–water partition coefficient (Wildman–Crippen LogP) is 4.77. The lowest BCUT2D eigenvalue weighted by molar-refractivity contribution is 0.0667. The summed E-state index contributed by atoms with van der Waals surface area (Å²) in [6.45, 7) is 1.60. The first-order chi connectivity index (χ1) is 14.3. The van der Waals surface area contributed by atoms with Gasteiger partial charge in [-0.3, -0.25) is 10.1 Å². The zero-order chi connectivity index (χ0) is 19.6. The van der Waals surface area contributed by atoms with Crippen LogP contribution in [0.1, 0.15) is 28.1 Å². The Bertz CT molecular complexity index is 1130. The molecular weight excluding hydrogens is 390 g/mol. The Kier molecular flexibility index (Phi) is 4.87. The molecule has 4 aromatic heterocycles. The van der Waals surface area contributed by atoms with Gasteiger partial charge >= 0.3 is 0 Å². The second kappa shape index (κ2) is 7.81. The normalized spacial score (nSPS) is 15.0. The number of carbonyl (C=O) groups excluding carboxylic acids is 1. The molecule has 0 saturated carbocycles. The maximum atomic E-state index is 12.7. The Morgan fingerprint density at radius 2 is 2.10 bits per heavy atom. The van der Waals surface area contributed by atoms with Crippen LogP contribution in [-0.2, 0) is 11.2 Å².